The van der Waals surface area contributed by atoms with Crippen molar-refractivity contribution in [2.45, 2.75) is 32.2 Å². The molecule has 2 aromatic carbocycles. The van der Waals surface area contributed by atoms with Crippen LogP contribution in [0.3, 0.4) is 0 Å². The Kier molecular flexibility index (Phi) is 7.01. The number of carboxylic acid groups (broad SMARTS) is 1. The predicted molar refractivity (Wildman–Crippen MR) is 95.5 cm³/mol. The number of benzene rings is 2. The minimum absolute atomic E-state index is 0.142. The second kappa shape index (κ2) is 9.47. The number of nitrogens with one attached hydrogen (secondary N) is 1. The van der Waals surface area contributed by atoms with Gasteiger partial charge in [-0.1, -0.05) is 42.5 Å². The van der Waals surface area contributed by atoms with E-state index in [-0.39, 0.29) is 18.7 Å². The maximum Gasteiger partial charge on any atom is 0.305 e. The van der Waals surface area contributed by atoms with Gasteiger partial charge in [-0.15, -0.1) is 0 Å². The third kappa shape index (κ3) is 6.30. The van der Waals surface area contributed by atoms with Gasteiger partial charge in [0.15, 0.2) is 0 Å². The molecule has 1 unspecified atom stereocenters. The lowest BCUT2D eigenvalue weighted by atomic mass is 9.98. The lowest BCUT2D eigenvalue weighted by molar-refractivity contribution is -0.137. The number of aryl methyl sites for hydroxylation is 1. The summed E-state index contributed by atoms with van der Waals surface area (Å²) in [6.45, 7) is 2.34. The van der Waals surface area contributed by atoms with E-state index >= 15 is 0 Å². The first kappa shape index (κ1) is 18.5. The molecule has 132 valence electrons. The summed E-state index contributed by atoms with van der Waals surface area (Å²) in [5.74, 6) is -0.348. The number of aliphatic carboxylic acids is 1. The van der Waals surface area contributed by atoms with Crippen LogP contribution in [-0.4, -0.2) is 23.6 Å². The summed E-state index contributed by atoms with van der Waals surface area (Å²) in [6.07, 6.45) is 0.709. The molecule has 2 N–H and O–H groups in total. The van der Waals surface area contributed by atoms with Crippen LogP contribution in [0, 0.1) is 6.92 Å². The van der Waals surface area contributed by atoms with Crippen molar-refractivity contribution in [2.24, 2.45) is 0 Å². The smallest absolute Gasteiger partial charge is 0.305 e. The van der Waals surface area contributed by atoms with Crippen molar-refractivity contribution < 1.29 is 19.4 Å². The average molecular weight is 341 g/mol. The zero-order valence-corrected chi connectivity index (χ0v) is 14.3. The highest BCUT2D eigenvalue weighted by atomic mass is 16.5. The lowest BCUT2D eigenvalue weighted by Gasteiger charge is -2.19. The maximum absolute atomic E-state index is 12.2. The number of amides is 1. The largest absolute Gasteiger partial charge is 0.494 e. The van der Waals surface area contributed by atoms with Gasteiger partial charge in [0.05, 0.1) is 19.1 Å². The van der Waals surface area contributed by atoms with Crippen molar-refractivity contribution >= 4 is 11.9 Å². The molecule has 0 aliphatic rings. The van der Waals surface area contributed by atoms with Gasteiger partial charge in [0, 0.05) is 6.42 Å². The van der Waals surface area contributed by atoms with Crippen LogP contribution >= 0.6 is 0 Å². The van der Waals surface area contributed by atoms with Gasteiger partial charge in [-0.25, -0.2) is 0 Å². The molecule has 0 heterocycles. The molecule has 5 heteroatoms. The van der Waals surface area contributed by atoms with Crippen molar-refractivity contribution in [3.8, 4) is 5.75 Å². The highest BCUT2D eigenvalue weighted by Crippen LogP contribution is 2.21. The minimum Gasteiger partial charge on any atom is -0.494 e. The highest BCUT2D eigenvalue weighted by molar-refractivity contribution is 5.77. The fraction of sp³-hybridized carbons (Fsp3) is 0.300. The number of hydrogen-bond donors (Lipinski definition) is 2. The number of hydrogen-bond acceptors (Lipinski definition) is 3. The van der Waals surface area contributed by atoms with E-state index in [1.54, 1.807) is 0 Å². The van der Waals surface area contributed by atoms with E-state index in [1.807, 2.05) is 61.5 Å². The quantitative estimate of drug-likeness (QED) is 0.685. The van der Waals surface area contributed by atoms with Crippen LogP contribution in [0.1, 0.15) is 36.4 Å². The Bertz CT molecular complexity index is 700. The summed E-state index contributed by atoms with van der Waals surface area (Å²) in [5.41, 5.74) is 1.79. The molecule has 1 atom stereocenters. The van der Waals surface area contributed by atoms with Crippen LogP contribution in [-0.2, 0) is 9.59 Å². The van der Waals surface area contributed by atoms with E-state index in [9.17, 15) is 9.59 Å². The van der Waals surface area contributed by atoms with E-state index < -0.39 is 12.0 Å². The normalized spacial score (nSPS) is 11.6. The zero-order chi connectivity index (χ0) is 18.1. The van der Waals surface area contributed by atoms with Gasteiger partial charge in [-0.2, -0.15) is 0 Å². The Morgan fingerprint density at radius 1 is 1.08 bits per heavy atom. The van der Waals surface area contributed by atoms with Crippen LogP contribution in [0.15, 0.2) is 54.6 Å². The van der Waals surface area contributed by atoms with Crippen LogP contribution in [0.2, 0.25) is 0 Å². The first-order chi connectivity index (χ1) is 12.1. The van der Waals surface area contributed by atoms with Crippen molar-refractivity contribution in [1.29, 1.82) is 0 Å². The second-order valence-corrected chi connectivity index (χ2v) is 5.84. The molecule has 0 fully saturated rings. The molecule has 0 saturated carbocycles. The maximum atomic E-state index is 12.2. The van der Waals surface area contributed by atoms with Crippen LogP contribution in [0.5, 0.6) is 5.75 Å². The number of para-hydroxylation sites is 1. The van der Waals surface area contributed by atoms with Gasteiger partial charge in [0.2, 0.25) is 5.91 Å². The molecular weight excluding hydrogens is 318 g/mol. The highest BCUT2D eigenvalue weighted by Gasteiger charge is 2.19. The molecule has 0 aliphatic heterocycles. The molecule has 2 rings (SSSR count). The van der Waals surface area contributed by atoms with E-state index in [2.05, 4.69) is 5.32 Å². The SMILES string of the molecule is Cc1ccccc1C(CC(=O)O)NC(=O)CCCOc1ccccc1. The first-order valence-corrected chi connectivity index (χ1v) is 8.31. The molecule has 1 amide bonds. The second-order valence-electron chi connectivity index (χ2n) is 5.84. The van der Waals surface area contributed by atoms with Crippen molar-refractivity contribution in [3.63, 3.8) is 0 Å². The Balaban J connectivity index is 1.85. The van der Waals surface area contributed by atoms with Gasteiger partial charge in [0.25, 0.3) is 0 Å². The first-order valence-electron chi connectivity index (χ1n) is 8.31. The van der Waals surface area contributed by atoms with Crippen LogP contribution in [0.25, 0.3) is 0 Å². The standard InChI is InChI=1S/C20H23NO4/c1-15-8-5-6-11-17(15)18(14-20(23)24)21-19(22)12-7-13-25-16-9-3-2-4-10-16/h2-6,8-11,18H,7,12-14H2,1H3,(H,21,22)(H,23,24). The van der Waals surface area contributed by atoms with Crippen LogP contribution in [0.4, 0.5) is 0 Å². The molecule has 0 bridgehead atoms. The number of ether oxygens (including phenoxy) is 1. The van der Waals surface area contributed by atoms with E-state index in [4.69, 9.17) is 9.84 Å². The summed E-state index contributed by atoms with van der Waals surface area (Å²) in [6, 6.07) is 16.4. The fourth-order valence-corrected chi connectivity index (χ4v) is 2.60. The van der Waals surface area contributed by atoms with E-state index in [0.717, 1.165) is 16.9 Å². The molecule has 0 radical (unpaired) electrons. The minimum atomic E-state index is -0.944. The van der Waals surface area contributed by atoms with Crippen LogP contribution < -0.4 is 10.1 Å². The van der Waals surface area contributed by atoms with Crippen molar-refractivity contribution in [2.75, 3.05) is 6.61 Å². The molecule has 0 aromatic heterocycles. The molecule has 25 heavy (non-hydrogen) atoms. The van der Waals surface area contributed by atoms with E-state index in [0.29, 0.717) is 13.0 Å². The van der Waals surface area contributed by atoms with Gasteiger partial charge in [0.1, 0.15) is 5.75 Å². The van der Waals surface area contributed by atoms with Crippen molar-refractivity contribution in [3.05, 3.63) is 65.7 Å². The molecule has 5 nitrogen and oxygen atoms in total. The average Bonchev–Trinajstić information content (AvgIpc) is 2.59. The van der Waals surface area contributed by atoms with Gasteiger partial charge >= 0.3 is 5.97 Å². The Morgan fingerprint density at radius 2 is 1.76 bits per heavy atom. The molecule has 0 spiro atoms. The van der Waals surface area contributed by atoms with Gasteiger partial charge in [-0.05, 0) is 36.6 Å². The summed E-state index contributed by atoms with van der Waals surface area (Å²) in [5, 5.41) is 11.9. The molecule has 2 aromatic rings. The fourth-order valence-electron chi connectivity index (χ4n) is 2.60. The molecule has 0 aliphatic carbocycles. The summed E-state index contributed by atoms with van der Waals surface area (Å²) in [4.78, 5) is 23.3. The topological polar surface area (TPSA) is 75.6 Å². The Labute approximate surface area is 147 Å². The van der Waals surface area contributed by atoms with Crippen molar-refractivity contribution in [1.82, 2.24) is 5.32 Å². The number of rotatable bonds is 9. The molecule has 0 saturated heterocycles. The predicted octanol–water partition coefficient (Wildman–Crippen LogP) is 3.49. The number of carbonyl (C=O) groups excluding carboxylic acids is 1. The third-order valence-corrected chi connectivity index (χ3v) is 3.84. The number of carboxylic acids is 1. The zero-order valence-electron chi connectivity index (χ0n) is 14.3. The van der Waals surface area contributed by atoms with Gasteiger partial charge in [-0.3, -0.25) is 9.59 Å². The Hall–Kier alpha value is -2.82. The van der Waals surface area contributed by atoms with Gasteiger partial charge < -0.3 is 15.2 Å². The third-order valence-electron chi connectivity index (χ3n) is 3.84. The Morgan fingerprint density at radius 3 is 2.44 bits per heavy atom. The summed E-state index contributed by atoms with van der Waals surface area (Å²) >= 11 is 0. The lowest BCUT2D eigenvalue weighted by Crippen LogP contribution is -2.30. The van der Waals surface area contributed by atoms with E-state index in [1.165, 1.54) is 0 Å². The summed E-state index contributed by atoms with van der Waals surface area (Å²) in [7, 11) is 0. The molecular formula is C20H23NO4. The summed E-state index contributed by atoms with van der Waals surface area (Å²) < 4.78 is 5.56. The number of carbonyl (C=O) groups is 2. The monoisotopic (exact) mass is 341 g/mol.